The number of aromatic nitrogens is 1. The Morgan fingerprint density at radius 2 is 2.04 bits per heavy atom. The van der Waals surface area contributed by atoms with Gasteiger partial charge in [0.05, 0.1) is 31.3 Å². The minimum absolute atomic E-state index is 0.00157. The van der Waals surface area contributed by atoms with E-state index in [1.54, 1.807) is 13.8 Å². The Bertz CT molecular complexity index is 785. The molecule has 1 fully saturated rings. The molecule has 138 valence electrons. The molecular weight excluding hydrogens is 330 g/mol. The van der Waals surface area contributed by atoms with Gasteiger partial charge < -0.3 is 15.4 Å². The van der Waals surface area contributed by atoms with Crippen molar-refractivity contribution in [3.63, 3.8) is 0 Å². The highest BCUT2D eigenvalue weighted by Crippen LogP contribution is 2.24. The number of fused-ring (bicyclic) bond motifs is 1. The van der Waals surface area contributed by atoms with Crippen LogP contribution >= 0.6 is 0 Å². The smallest absolute Gasteiger partial charge is 0.239 e. The molecule has 0 radical (unpaired) electrons. The number of carbonyl (C=O) groups is 2. The summed E-state index contributed by atoms with van der Waals surface area (Å²) < 4.78 is 5.60. The fourth-order valence-corrected chi connectivity index (χ4v) is 3.20. The molecule has 1 aliphatic heterocycles. The molecule has 6 nitrogen and oxygen atoms in total. The molecule has 1 aromatic heterocycles. The number of carbonyl (C=O) groups excluding carboxylic acids is 2. The molecule has 2 atom stereocenters. The first kappa shape index (κ1) is 18.3. The van der Waals surface area contributed by atoms with E-state index in [-0.39, 0.29) is 36.2 Å². The summed E-state index contributed by atoms with van der Waals surface area (Å²) in [6.45, 7) is 4.70. The van der Waals surface area contributed by atoms with Gasteiger partial charge >= 0.3 is 0 Å². The highest BCUT2D eigenvalue weighted by atomic mass is 16.5. The number of rotatable bonds is 6. The van der Waals surface area contributed by atoms with Crippen LogP contribution in [0.15, 0.2) is 36.5 Å². The van der Waals surface area contributed by atoms with Crippen LogP contribution in [0, 0.1) is 11.8 Å². The average Bonchev–Trinajstić information content (AvgIpc) is 3.06. The quantitative estimate of drug-likeness (QED) is 0.826. The van der Waals surface area contributed by atoms with Crippen molar-refractivity contribution < 1.29 is 14.3 Å². The van der Waals surface area contributed by atoms with E-state index < -0.39 is 0 Å². The van der Waals surface area contributed by atoms with Gasteiger partial charge in [0.25, 0.3) is 0 Å². The second kappa shape index (κ2) is 8.27. The fraction of sp³-hybridized carbons (Fsp3) is 0.450. The topological polar surface area (TPSA) is 80.3 Å². The zero-order chi connectivity index (χ0) is 18.5. The van der Waals surface area contributed by atoms with Crippen LogP contribution in [0.25, 0.3) is 10.9 Å². The van der Waals surface area contributed by atoms with Gasteiger partial charge in [0.2, 0.25) is 11.8 Å². The van der Waals surface area contributed by atoms with Crippen molar-refractivity contribution >= 4 is 22.7 Å². The minimum atomic E-state index is -0.181. The number of hydrogen-bond acceptors (Lipinski definition) is 4. The molecule has 1 saturated heterocycles. The van der Waals surface area contributed by atoms with Gasteiger partial charge in [0.15, 0.2) is 0 Å². The summed E-state index contributed by atoms with van der Waals surface area (Å²) in [5, 5.41) is 6.78. The summed E-state index contributed by atoms with van der Waals surface area (Å²) in [5.74, 6) is -0.238. The maximum absolute atomic E-state index is 12.1. The number of para-hydroxylation sites is 1. The number of nitrogens with zero attached hydrogens (tertiary/aromatic N) is 1. The van der Waals surface area contributed by atoms with Gasteiger partial charge in [0, 0.05) is 23.4 Å². The first-order valence-electron chi connectivity index (χ1n) is 9.02. The molecule has 1 aliphatic rings. The zero-order valence-corrected chi connectivity index (χ0v) is 15.2. The van der Waals surface area contributed by atoms with E-state index in [2.05, 4.69) is 21.7 Å². The molecule has 0 bridgehead atoms. The van der Waals surface area contributed by atoms with Crippen molar-refractivity contribution in [2.45, 2.75) is 26.3 Å². The molecule has 2 N–H and O–H groups in total. The molecule has 3 rings (SSSR count). The zero-order valence-electron chi connectivity index (χ0n) is 15.2. The van der Waals surface area contributed by atoms with Crippen LogP contribution in [-0.4, -0.2) is 42.6 Å². The highest BCUT2D eigenvalue weighted by molar-refractivity contribution is 5.85. The fourth-order valence-electron chi connectivity index (χ4n) is 3.20. The van der Waals surface area contributed by atoms with Crippen LogP contribution < -0.4 is 10.6 Å². The Kier molecular flexibility index (Phi) is 5.83. The third-order valence-electron chi connectivity index (χ3n) is 4.71. The van der Waals surface area contributed by atoms with Gasteiger partial charge in [-0.15, -0.1) is 0 Å². The molecule has 0 unspecified atom stereocenters. The Balaban J connectivity index is 1.61. The number of hydrogen-bond donors (Lipinski definition) is 2. The molecule has 26 heavy (non-hydrogen) atoms. The molecule has 2 aromatic rings. The predicted molar refractivity (Wildman–Crippen MR) is 99.5 cm³/mol. The van der Waals surface area contributed by atoms with Crippen LogP contribution in [0.2, 0.25) is 0 Å². The molecule has 6 heteroatoms. The lowest BCUT2D eigenvalue weighted by atomic mass is 9.93. The molecule has 0 spiro atoms. The van der Waals surface area contributed by atoms with Crippen LogP contribution in [-0.2, 0) is 20.7 Å². The maximum Gasteiger partial charge on any atom is 0.239 e. The standard InChI is InChI=1S/C20H25N3O3/c1-13(2)20(25)22-10-19(24)23-18-12-26-11-15(18)9-14-7-8-21-17-6-4-3-5-16(14)17/h3-8,13,15,18H,9-12H2,1-2H3,(H,22,25)(H,23,24)/t15-,18+/m1/s1. The summed E-state index contributed by atoms with van der Waals surface area (Å²) in [6.07, 6.45) is 2.63. The van der Waals surface area contributed by atoms with Crippen molar-refractivity contribution in [1.29, 1.82) is 0 Å². The SMILES string of the molecule is CC(C)C(=O)NCC(=O)N[C@H]1COC[C@H]1Cc1ccnc2ccccc12. The normalized spacial score (nSPS) is 19.7. The van der Waals surface area contributed by atoms with E-state index in [0.29, 0.717) is 13.2 Å². The number of amides is 2. The second-order valence-electron chi connectivity index (χ2n) is 7.04. The Labute approximate surface area is 153 Å². The number of pyridine rings is 1. The molecule has 1 aromatic carbocycles. The Hall–Kier alpha value is -2.47. The second-order valence-corrected chi connectivity index (χ2v) is 7.04. The van der Waals surface area contributed by atoms with Crippen LogP contribution in [0.3, 0.4) is 0 Å². The van der Waals surface area contributed by atoms with Crippen molar-refractivity contribution in [3.8, 4) is 0 Å². The monoisotopic (exact) mass is 355 g/mol. The highest BCUT2D eigenvalue weighted by Gasteiger charge is 2.30. The Morgan fingerprint density at radius 1 is 1.23 bits per heavy atom. The molecular formula is C20H25N3O3. The van der Waals surface area contributed by atoms with Gasteiger partial charge in [0.1, 0.15) is 0 Å². The summed E-state index contributed by atoms with van der Waals surface area (Å²) in [5.41, 5.74) is 2.18. The van der Waals surface area contributed by atoms with Crippen molar-refractivity contribution in [2.75, 3.05) is 19.8 Å². The number of nitrogens with one attached hydrogen (secondary N) is 2. The summed E-state index contributed by atoms with van der Waals surface area (Å²) >= 11 is 0. The van der Waals surface area contributed by atoms with Gasteiger partial charge in [-0.05, 0) is 24.1 Å². The van der Waals surface area contributed by atoms with Crippen LogP contribution in [0.1, 0.15) is 19.4 Å². The van der Waals surface area contributed by atoms with Gasteiger partial charge in [-0.25, -0.2) is 0 Å². The van der Waals surface area contributed by atoms with Crippen molar-refractivity contribution in [1.82, 2.24) is 15.6 Å². The maximum atomic E-state index is 12.1. The van der Waals surface area contributed by atoms with E-state index in [1.165, 1.54) is 5.56 Å². The van der Waals surface area contributed by atoms with E-state index in [9.17, 15) is 9.59 Å². The first-order chi connectivity index (χ1) is 12.5. The van der Waals surface area contributed by atoms with Gasteiger partial charge in [-0.1, -0.05) is 32.0 Å². The third kappa shape index (κ3) is 4.38. The minimum Gasteiger partial charge on any atom is -0.379 e. The Morgan fingerprint density at radius 3 is 2.85 bits per heavy atom. The van der Waals surface area contributed by atoms with E-state index >= 15 is 0 Å². The van der Waals surface area contributed by atoms with Crippen LogP contribution in [0.5, 0.6) is 0 Å². The lowest BCUT2D eigenvalue weighted by Crippen LogP contribution is -2.46. The molecule has 2 amide bonds. The number of benzene rings is 1. The van der Waals surface area contributed by atoms with Crippen LogP contribution in [0.4, 0.5) is 0 Å². The van der Waals surface area contributed by atoms with Crippen molar-refractivity contribution in [2.24, 2.45) is 11.8 Å². The molecule has 0 aliphatic carbocycles. The lowest BCUT2D eigenvalue weighted by Gasteiger charge is -2.20. The molecule has 2 heterocycles. The summed E-state index contributed by atoms with van der Waals surface area (Å²) in [6, 6.07) is 10.0. The average molecular weight is 355 g/mol. The van der Waals surface area contributed by atoms with Gasteiger partial charge in [-0.3, -0.25) is 14.6 Å². The van der Waals surface area contributed by atoms with E-state index in [4.69, 9.17) is 4.74 Å². The largest absolute Gasteiger partial charge is 0.379 e. The number of ether oxygens (including phenoxy) is 1. The summed E-state index contributed by atoms with van der Waals surface area (Å²) in [4.78, 5) is 28.1. The van der Waals surface area contributed by atoms with E-state index in [0.717, 1.165) is 17.3 Å². The van der Waals surface area contributed by atoms with Crippen molar-refractivity contribution in [3.05, 3.63) is 42.1 Å². The van der Waals surface area contributed by atoms with Gasteiger partial charge in [-0.2, -0.15) is 0 Å². The predicted octanol–water partition coefficient (Wildman–Crippen LogP) is 1.68. The lowest BCUT2D eigenvalue weighted by molar-refractivity contribution is -0.128. The third-order valence-corrected chi connectivity index (χ3v) is 4.71. The molecule has 0 saturated carbocycles. The first-order valence-corrected chi connectivity index (χ1v) is 9.02. The van der Waals surface area contributed by atoms with E-state index in [1.807, 2.05) is 30.5 Å². The summed E-state index contributed by atoms with van der Waals surface area (Å²) in [7, 11) is 0.